The molecule has 0 aliphatic carbocycles. The monoisotopic (exact) mass is 585 g/mol. The standard InChI is InChI=1S/C28H31N3O7S2/c1-4-37-22-11-7-21(8-12-22)31(40(33,34)25-13-14-26(35-2)27(15-25)36-3)17-28(32)30-29-16-20-5-9-23(10-6-20)38-24-18-39-19-24/h5-16,24H,4,17-19H2,1-3H3,(H,30,32)/b29-16-. The van der Waals surface area contributed by atoms with E-state index in [0.717, 1.165) is 27.1 Å². The number of methoxy groups -OCH3 is 2. The molecule has 0 radical (unpaired) electrons. The highest BCUT2D eigenvalue weighted by Crippen LogP contribution is 2.32. The summed E-state index contributed by atoms with van der Waals surface area (Å²) < 4.78 is 50.3. The Balaban J connectivity index is 1.51. The lowest BCUT2D eigenvalue weighted by molar-refractivity contribution is -0.119. The number of ether oxygens (including phenoxy) is 4. The van der Waals surface area contributed by atoms with E-state index in [1.54, 1.807) is 24.3 Å². The Kier molecular flexibility index (Phi) is 9.78. The van der Waals surface area contributed by atoms with Crippen LogP contribution >= 0.6 is 11.8 Å². The third-order valence-electron chi connectivity index (χ3n) is 5.86. The average molecular weight is 586 g/mol. The number of thioether (sulfide) groups is 1. The van der Waals surface area contributed by atoms with Crippen LogP contribution in [0.25, 0.3) is 0 Å². The number of anilines is 1. The molecule has 1 saturated heterocycles. The molecule has 1 N–H and O–H groups in total. The van der Waals surface area contributed by atoms with E-state index in [1.807, 2.05) is 43.0 Å². The topological polar surface area (TPSA) is 116 Å². The summed E-state index contributed by atoms with van der Waals surface area (Å²) in [6.07, 6.45) is 1.72. The van der Waals surface area contributed by atoms with Crippen LogP contribution in [0, 0.1) is 0 Å². The second kappa shape index (κ2) is 13.4. The van der Waals surface area contributed by atoms with E-state index in [0.29, 0.717) is 18.1 Å². The Bertz CT molecular complexity index is 1430. The fraction of sp³-hybridized carbons (Fsp3) is 0.286. The van der Waals surface area contributed by atoms with Gasteiger partial charge in [0.25, 0.3) is 15.9 Å². The van der Waals surface area contributed by atoms with Crippen LogP contribution in [0.3, 0.4) is 0 Å². The molecular weight excluding hydrogens is 554 g/mol. The van der Waals surface area contributed by atoms with Gasteiger partial charge in [0.2, 0.25) is 0 Å². The van der Waals surface area contributed by atoms with E-state index in [1.165, 1.54) is 38.6 Å². The van der Waals surface area contributed by atoms with Gasteiger partial charge in [-0.2, -0.15) is 16.9 Å². The molecule has 1 aliphatic heterocycles. The Morgan fingerprint density at radius 2 is 1.68 bits per heavy atom. The van der Waals surface area contributed by atoms with Crippen molar-refractivity contribution in [2.24, 2.45) is 5.10 Å². The van der Waals surface area contributed by atoms with Gasteiger partial charge in [-0.05, 0) is 73.2 Å². The van der Waals surface area contributed by atoms with Gasteiger partial charge >= 0.3 is 0 Å². The molecule has 0 atom stereocenters. The molecule has 12 heteroatoms. The van der Waals surface area contributed by atoms with Crippen molar-refractivity contribution in [3.8, 4) is 23.0 Å². The van der Waals surface area contributed by atoms with Crippen LogP contribution in [0.5, 0.6) is 23.0 Å². The maximum atomic E-state index is 13.7. The van der Waals surface area contributed by atoms with E-state index in [4.69, 9.17) is 18.9 Å². The minimum Gasteiger partial charge on any atom is -0.494 e. The van der Waals surface area contributed by atoms with Crippen molar-refractivity contribution in [1.29, 1.82) is 0 Å². The van der Waals surface area contributed by atoms with Crippen molar-refractivity contribution < 1.29 is 32.2 Å². The molecule has 4 rings (SSSR count). The van der Waals surface area contributed by atoms with Gasteiger partial charge in [0.05, 0.1) is 37.6 Å². The minimum atomic E-state index is -4.19. The molecule has 0 spiro atoms. The second-order valence-electron chi connectivity index (χ2n) is 8.59. The number of nitrogens with zero attached hydrogens (tertiary/aromatic N) is 2. The summed E-state index contributed by atoms with van der Waals surface area (Å²) in [6, 6.07) is 18.0. The fourth-order valence-corrected chi connectivity index (χ4v) is 5.75. The largest absolute Gasteiger partial charge is 0.494 e. The fourth-order valence-electron chi connectivity index (χ4n) is 3.75. The third kappa shape index (κ3) is 7.19. The van der Waals surface area contributed by atoms with E-state index in [2.05, 4.69) is 10.5 Å². The van der Waals surface area contributed by atoms with Crippen LogP contribution in [-0.2, 0) is 14.8 Å². The summed E-state index contributed by atoms with van der Waals surface area (Å²) in [5.74, 6) is 3.33. The summed E-state index contributed by atoms with van der Waals surface area (Å²) >= 11 is 1.85. The molecular formula is C28H31N3O7S2. The number of benzene rings is 3. The molecule has 3 aromatic carbocycles. The first-order valence-electron chi connectivity index (χ1n) is 12.5. The number of hydrogen-bond donors (Lipinski definition) is 1. The Morgan fingerprint density at radius 1 is 1.00 bits per heavy atom. The lowest BCUT2D eigenvalue weighted by atomic mass is 10.2. The minimum absolute atomic E-state index is 0.0712. The van der Waals surface area contributed by atoms with Crippen LogP contribution in [0.2, 0.25) is 0 Å². The van der Waals surface area contributed by atoms with Crippen LogP contribution in [0.4, 0.5) is 5.69 Å². The molecule has 0 unspecified atom stereocenters. The van der Waals surface area contributed by atoms with Gasteiger partial charge in [0.15, 0.2) is 11.5 Å². The summed E-state index contributed by atoms with van der Waals surface area (Å²) in [5, 5.41) is 4.00. The number of hydrazone groups is 1. The van der Waals surface area contributed by atoms with Crippen molar-refractivity contribution in [2.45, 2.75) is 17.9 Å². The van der Waals surface area contributed by atoms with E-state index >= 15 is 0 Å². The predicted octanol–water partition coefficient (Wildman–Crippen LogP) is 3.94. The zero-order valence-electron chi connectivity index (χ0n) is 22.4. The van der Waals surface area contributed by atoms with Crippen LogP contribution in [-0.4, -0.2) is 65.5 Å². The van der Waals surface area contributed by atoms with Crippen LogP contribution in [0.15, 0.2) is 76.7 Å². The van der Waals surface area contributed by atoms with Crippen molar-refractivity contribution in [3.63, 3.8) is 0 Å². The molecule has 1 aliphatic rings. The molecule has 1 amide bonds. The van der Waals surface area contributed by atoms with Gasteiger partial charge in [0.1, 0.15) is 24.1 Å². The Morgan fingerprint density at radius 3 is 2.27 bits per heavy atom. The highest BCUT2D eigenvalue weighted by molar-refractivity contribution is 8.00. The normalized spacial score (nSPS) is 13.4. The predicted molar refractivity (Wildman–Crippen MR) is 156 cm³/mol. The van der Waals surface area contributed by atoms with Gasteiger partial charge in [-0.25, -0.2) is 13.8 Å². The van der Waals surface area contributed by atoms with Crippen molar-refractivity contribution in [1.82, 2.24) is 5.43 Å². The first-order valence-corrected chi connectivity index (χ1v) is 15.1. The number of sulfonamides is 1. The van der Waals surface area contributed by atoms with Crippen LogP contribution < -0.4 is 28.7 Å². The molecule has 10 nitrogen and oxygen atoms in total. The third-order valence-corrected chi connectivity index (χ3v) is 8.84. The van der Waals surface area contributed by atoms with Gasteiger partial charge in [-0.15, -0.1) is 0 Å². The number of amides is 1. The Labute approximate surface area is 238 Å². The molecule has 1 heterocycles. The highest BCUT2D eigenvalue weighted by Gasteiger charge is 2.28. The maximum absolute atomic E-state index is 13.7. The molecule has 0 bridgehead atoms. The lowest BCUT2D eigenvalue weighted by Gasteiger charge is -2.25. The van der Waals surface area contributed by atoms with Crippen LogP contribution in [0.1, 0.15) is 12.5 Å². The van der Waals surface area contributed by atoms with Gasteiger partial charge in [0, 0.05) is 17.6 Å². The Hall–Kier alpha value is -3.90. The summed E-state index contributed by atoms with van der Waals surface area (Å²) in [5.41, 5.74) is 3.44. The molecule has 3 aromatic rings. The number of nitrogens with one attached hydrogen (secondary N) is 1. The SMILES string of the molecule is CCOc1ccc(N(CC(=O)N/N=C\c2ccc(OC3CSC3)cc2)S(=O)(=O)c2ccc(OC)c(OC)c2)cc1. The summed E-state index contributed by atoms with van der Waals surface area (Å²) in [4.78, 5) is 12.8. The molecule has 0 aromatic heterocycles. The summed E-state index contributed by atoms with van der Waals surface area (Å²) in [7, 11) is -1.32. The van der Waals surface area contributed by atoms with Crippen molar-refractivity contribution in [2.75, 3.05) is 43.2 Å². The smallest absolute Gasteiger partial charge is 0.264 e. The highest BCUT2D eigenvalue weighted by atomic mass is 32.2. The first-order chi connectivity index (χ1) is 19.3. The second-order valence-corrected chi connectivity index (χ2v) is 11.5. The van der Waals surface area contributed by atoms with Gasteiger partial charge in [-0.3, -0.25) is 9.10 Å². The maximum Gasteiger partial charge on any atom is 0.264 e. The lowest BCUT2D eigenvalue weighted by Crippen LogP contribution is -2.39. The number of hydrogen-bond acceptors (Lipinski definition) is 9. The molecule has 212 valence electrons. The van der Waals surface area contributed by atoms with E-state index < -0.39 is 22.5 Å². The zero-order chi connectivity index (χ0) is 28.5. The number of rotatable bonds is 13. The number of carbonyl (C=O) groups excluding carboxylic acids is 1. The first kappa shape index (κ1) is 29.1. The molecule has 40 heavy (non-hydrogen) atoms. The van der Waals surface area contributed by atoms with E-state index in [-0.39, 0.29) is 22.4 Å². The number of carbonyl (C=O) groups is 1. The zero-order valence-corrected chi connectivity index (χ0v) is 24.0. The quantitative estimate of drug-likeness (QED) is 0.237. The molecule has 1 fully saturated rings. The van der Waals surface area contributed by atoms with E-state index in [9.17, 15) is 13.2 Å². The molecule has 0 saturated carbocycles. The van der Waals surface area contributed by atoms with Crippen molar-refractivity contribution in [3.05, 3.63) is 72.3 Å². The van der Waals surface area contributed by atoms with Crippen molar-refractivity contribution >= 4 is 39.6 Å². The average Bonchev–Trinajstić information content (AvgIpc) is 2.94. The van der Waals surface area contributed by atoms with Gasteiger partial charge in [-0.1, -0.05) is 0 Å². The summed E-state index contributed by atoms with van der Waals surface area (Å²) in [6.45, 7) is 1.79. The van der Waals surface area contributed by atoms with Gasteiger partial charge < -0.3 is 18.9 Å².